The zero-order valence-electron chi connectivity index (χ0n) is 11.3. The third kappa shape index (κ3) is 6.19. The zero-order chi connectivity index (χ0) is 14.3. The number of nitrogens with one attached hydrogen (secondary N) is 3. The number of amides is 2. The molecule has 3 N–H and O–H groups in total. The molecule has 19 heavy (non-hydrogen) atoms. The second kappa shape index (κ2) is 7.73. The van der Waals surface area contributed by atoms with Gasteiger partial charge in [-0.25, -0.2) is 4.79 Å². The monoisotopic (exact) mass is 271 g/mol. The van der Waals surface area contributed by atoms with E-state index in [1.807, 2.05) is 0 Å². The van der Waals surface area contributed by atoms with E-state index >= 15 is 0 Å². The molecule has 108 valence electrons. The summed E-state index contributed by atoms with van der Waals surface area (Å²) in [6.07, 6.45) is 1.96. The van der Waals surface area contributed by atoms with Crippen LogP contribution in [-0.2, 0) is 19.1 Å². The maximum absolute atomic E-state index is 11.4. The van der Waals surface area contributed by atoms with E-state index < -0.39 is 12.0 Å². The maximum Gasteiger partial charge on any atom is 0.329 e. The van der Waals surface area contributed by atoms with Gasteiger partial charge in [0.2, 0.25) is 11.8 Å². The summed E-state index contributed by atoms with van der Waals surface area (Å²) in [6.45, 7) is 2.65. The molecule has 1 unspecified atom stereocenters. The van der Waals surface area contributed by atoms with E-state index in [1.165, 1.54) is 14.0 Å². The summed E-state index contributed by atoms with van der Waals surface area (Å²) in [5.74, 6) is -0.501. The quantitative estimate of drug-likeness (QED) is 0.380. The molecule has 0 aromatic rings. The molecule has 0 radical (unpaired) electrons. The zero-order valence-corrected chi connectivity index (χ0v) is 11.3. The topological polar surface area (TPSA) is 96.5 Å². The van der Waals surface area contributed by atoms with Crippen LogP contribution in [0, 0.1) is 5.92 Å². The largest absolute Gasteiger partial charge is 0.467 e. The van der Waals surface area contributed by atoms with Gasteiger partial charge in [0.25, 0.3) is 0 Å². The van der Waals surface area contributed by atoms with Gasteiger partial charge in [0, 0.05) is 32.5 Å². The van der Waals surface area contributed by atoms with Crippen LogP contribution in [0.2, 0.25) is 0 Å². The smallest absolute Gasteiger partial charge is 0.329 e. The Labute approximate surface area is 112 Å². The fourth-order valence-corrected chi connectivity index (χ4v) is 1.59. The van der Waals surface area contributed by atoms with Crippen LogP contribution in [0.1, 0.15) is 19.8 Å². The lowest BCUT2D eigenvalue weighted by Gasteiger charge is -2.16. The summed E-state index contributed by atoms with van der Waals surface area (Å²) in [6, 6.07) is -0.707. The van der Waals surface area contributed by atoms with E-state index in [1.54, 1.807) is 0 Å². The van der Waals surface area contributed by atoms with Crippen LogP contribution in [0.4, 0.5) is 0 Å². The average molecular weight is 271 g/mol. The van der Waals surface area contributed by atoms with Crippen LogP contribution in [0.25, 0.3) is 0 Å². The summed E-state index contributed by atoms with van der Waals surface area (Å²) >= 11 is 0. The van der Waals surface area contributed by atoms with Crippen molar-refractivity contribution in [1.29, 1.82) is 0 Å². The fraction of sp³-hybridized carbons (Fsp3) is 0.750. The molecule has 2 amide bonds. The number of rotatable bonds is 8. The summed E-state index contributed by atoms with van der Waals surface area (Å²) in [7, 11) is 1.27. The highest BCUT2D eigenvalue weighted by atomic mass is 16.5. The molecule has 0 aromatic heterocycles. The van der Waals surface area contributed by atoms with E-state index in [4.69, 9.17) is 0 Å². The van der Waals surface area contributed by atoms with Crippen LogP contribution in [-0.4, -0.2) is 50.6 Å². The van der Waals surface area contributed by atoms with Crippen molar-refractivity contribution in [3.63, 3.8) is 0 Å². The van der Waals surface area contributed by atoms with Gasteiger partial charge in [0.05, 0.1) is 7.11 Å². The van der Waals surface area contributed by atoms with Crippen molar-refractivity contribution in [2.45, 2.75) is 25.8 Å². The highest BCUT2D eigenvalue weighted by Gasteiger charge is 2.29. The van der Waals surface area contributed by atoms with Crippen LogP contribution in [0.15, 0.2) is 0 Å². The molecule has 0 spiro atoms. The second-order valence-electron chi connectivity index (χ2n) is 4.55. The van der Waals surface area contributed by atoms with E-state index in [2.05, 4.69) is 20.7 Å². The van der Waals surface area contributed by atoms with Crippen LogP contribution in [0.3, 0.4) is 0 Å². The lowest BCUT2D eigenvalue weighted by atomic mass is 10.3. The molecule has 0 bridgehead atoms. The Kier molecular flexibility index (Phi) is 6.27. The highest BCUT2D eigenvalue weighted by Crippen LogP contribution is 2.28. The Morgan fingerprint density at radius 2 is 1.95 bits per heavy atom. The molecule has 1 atom stereocenters. The van der Waals surface area contributed by atoms with Crippen molar-refractivity contribution in [2.75, 3.05) is 26.7 Å². The van der Waals surface area contributed by atoms with Gasteiger partial charge in [0.1, 0.15) is 6.04 Å². The number of carbonyl (C=O) groups excluding carboxylic acids is 3. The Balaban J connectivity index is 2.14. The molecule has 0 heterocycles. The molecule has 7 heteroatoms. The number of hydrogen-bond acceptors (Lipinski definition) is 5. The van der Waals surface area contributed by atoms with Crippen molar-refractivity contribution in [3.05, 3.63) is 0 Å². The van der Waals surface area contributed by atoms with Gasteiger partial charge in [0.15, 0.2) is 0 Å². The Bertz CT molecular complexity index is 342. The highest BCUT2D eigenvalue weighted by molar-refractivity contribution is 5.83. The minimum absolute atomic E-state index is 0.0909. The van der Waals surface area contributed by atoms with Crippen LogP contribution < -0.4 is 16.0 Å². The summed E-state index contributed by atoms with van der Waals surface area (Å²) < 4.78 is 4.58. The molecule has 1 aliphatic rings. The molecule has 1 fully saturated rings. The van der Waals surface area contributed by atoms with Crippen molar-refractivity contribution >= 4 is 17.8 Å². The summed E-state index contributed by atoms with van der Waals surface area (Å²) in [4.78, 5) is 33.6. The first kappa shape index (κ1) is 15.4. The van der Waals surface area contributed by atoms with Gasteiger partial charge in [-0.2, -0.15) is 0 Å². The molecule has 1 saturated carbocycles. The maximum atomic E-state index is 11.4. The molecule has 7 nitrogen and oxygen atoms in total. The molecular formula is C12H21N3O4. The SMILES string of the molecule is COC(=O)C(CNCCNC(=O)C1CC1)NC(C)=O. The lowest BCUT2D eigenvalue weighted by molar-refractivity contribution is -0.144. The molecule has 0 aliphatic heterocycles. The number of hydrogen-bond donors (Lipinski definition) is 3. The summed E-state index contributed by atoms with van der Waals surface area (Å²) in [5, 5.41) is 8.28. The number of carbonyl (C=O) groups is 3. The Morgan fingerprint density at radius 3 is 2.47 bits per heavy atom. The van der Waals surface area contributed by atoms with E-state index in [9.17, 15) is 14.4 Å². The predicted octanol–water partition coefficient (Wildman–Crippen LogP) is -1.22. The molecule has 1 aliphatic carbocycles. The number of esters is 1. The van der Waals surface area contributed by atoms with Crippen molar-refractivity contribution < 1.29 is 19.1 Å². The van der Waals surface area contributed by atoms with Gasteiger partial charge in [-0.05, 0) is 12.8 Å². The normalized spacial score (nSPS) is 15.5. The van der Waals surface area contributed by atoms with Crippen molar-refractivity contribution in [2.24, 2.45) is 5.92 Å². The third-order valence-electron chi connectivity index (χ3n) is 2.76. The second-order valence-corrected chi connectivity index (χ2v) is 4.55. The number of ether oxygens (including phenoxy) is 1. The van der Waals surface area contributed by atoms with Crippen molar-refractivity contribution in [3.8, 4) is 0 Å². The van der Waals surface area contributed by atoms with Gasteiger partial charge in [-0.1, -0.05) is 0 Å². The third-order valence-corrected chi connectivity index (χ3v) is 2.76. The van der Waals surface area contributed by atoms with E-state index in [-0.39, 0.29) is 24.3 Å². The van der Waals surface area contributed by atoms with Gasteiger partial charge in [-0.3, -0.25) is 9.59 Å². The van der Waals surface area contributed by atoms with Gasteiger partial charge in [-0.15, -0.1) is 0 Å². The van der Waals surface area contributed by atoms with Gasteiger partial charge >= 0.3 is 5.97 Å². The van der Waals surface area contributed by atoms with Gasteiger partial charge < -0.3 is 20.7 Å². The first-order valence-corrected chi connectivity index (χ1v) is 6.38. The standard InChI is InChI=1S/C12H21N3O4/c1-8(16)15-10(12(18)19-2)7-13-5-6-14-11(17)9-3-4-9/h9-10,13H,3-7H2,1-2H3,(H,14,17)(H,15,16). The number of methoxy groups -OCH3 is 1. The minimum atomic E-state index is -0.707. The first-order valence-electron chi connectivity index (χ1n) is 6.38. The lowest BCUT2D eigenvalue weighted by Crippen LogP contribution is -2.48. The first-order chi connectivity index (χ1) is 9.04. The molecule has 1 rings (SSSR count). The minimum Gasteiger partial charge on any atom is -0.467 e. The summed E-state index contributed by atoms with van der Waals surface area (Å²) in [5.41, 5.74) is 0. The Morgan fingerprint density at radius 1 is 1.26 bits per heavy atom. The van der Waals surface area contributed by atoms with Crippen LogP contribution >= 0.6 is 0 Å². The predicted molar refractivity (Wildman–Crippen MR) is 68.2 cm³/mol. The fourth-order valence-electron chi connectivity index (χ4n) is 1.59. The molecular weight excluding hydrogens is 250 g/mol. The van der Waals surface area contributed by atoms with E-state index in [0.29, 0.717) is 13.1 Å². The Hall–Kier alpha value is -1.63. The van der Waals surface area contributed by atoms with Crippen LogP contribution in [0.5, 0.6) is 0 Å². The average Bonchev–Trinajstić information content (AvgIpc) is 3.19. The van der Waals surface area contributed by atoms with E-state index in [0.717, 1.165) is 12.8 Å². The van der Waals surface area contributed by atoms with Crippen molar-refractivity contribution in [1.82, 2.24) is 16.0 Å². The molecule has 0 saturated heterocycles. The molecule has 0 aromatic carbocycles.